The molecule has 17 rings (SSSR count). The molecule has 0 aromatic heterocycles. The van der Waals surface area contributed by atoms with Crippen molar-refractivity contribution < 1.29 is 9.47 Å². The normalized spacial score (nSPS) is 13.7. The maximum atomic E-state index is 6.71. The predicted molar refractivity (Wildman–Crippen MR) is 338 cm³/mol. The van der Waals surface area contributed by atoms with Crippen LogP contribution in [0.2, 0.25) is 0 Å². The van der Waals surface area contributed by atoms with E-state index in [-0.39, 0.29) is 0 Å². The van der Waals surface area contributed by atoms with Gasteiger partial charge < -0.3 is 14.4 Å². The van der Waals surface area contributed by atoms with Gasteiger partial charge in [-0.15, -0.1) is 0 Å². The number of nitrogens with zero attached hydrogens (tertiary/aromatic N) is 1. The van der Waals surface area contributed by atoms with Gasteiger partial charge in [0.2, 0.25) is 0 Å². The van der Waals surface area contributed by atoms with Gasteiger partial charge in [-0.3, -0.25) is 0 Å². The Bertz CT molecular complexity index is 4660. The highest BCUT2D eigenvalue weighted by Gasteiger charge is 2.53. The van der Waals surface area contributed by atoms with Gasteiger partial charge in [0.25, 0.3) is 0 Å². The minimum Gasteiger partial charge on any atom is -0.457 e. The van der Waals surface area contributed by atoms with Gasteiger partial charge in [-0.2, -0.15) is 0 Å². The zero-order valence-corrected chi connectivity index (χ0v) is 45.2. The Morgan fingerprint density at radius 1 is 0.217 bits per heavy atom. The van der Waals surface area contributed by atoms with Crippen molar-refractivity contribution >= 4 is 17.1 Å². The highest BCUT2D eigenvalue weighted by Crippen LogP contribution is 2.65. The summed E-state index contributed by atoms with van der Waals surface area (Å²) < 4.78 is 13.4. The van der Waals surface area contributed by atoms with Gasteiger partial charge >= 0.3 is 0 Å². The number of rotatable bonds is 7. The first-order chi connectivity index (χ1) is 41.2. The summed E-state index contributed by atoms with van der Waals surface area (Å²) in [4.78, 5) is 2.45. The average Bonchev–Trinajstić information content (AvgIpc) is 1.76. The van der Waals surface area contributed by atoms with Crippen molar-refractivity contribution in [1.29, 1.82) is 0 Å². The molecule has 3 nitrogen and oxygen atoms in total. The summed E-state index contributed by atoms with van der Waals surface area (Å²) >= 11 is 0. The number of hydrogen-bond donors (Lipinski definition) is 0. The molecule has 83 heavy (non-hydrogen) atoms. The van der Waals surface area contributed by atoms with E-state index in [0.717, 1.165) is 84.6 Å². The molecule has 0 amide bonds. The van der Waals surface area contributed by atoms with E-state index in [1.807, 2.05) is 0 Å². The lowest BCUT2D eigenvalue weighted by molar-refractivity contribution is 0.436. The number of hydrogen-bond acceptors (Lipinski definition) is 3. The lowest BCUT2D eigenvalue weighted by atomic mass is 9.66. The molecular weight excluding hydrogens is 1010 g/mol. The fraction of sp³-hybridized carbons (Fsp3) is 0.0250. The SMILES string of the molecule is c1ccc(-c2ccc(-c3ccccc3N(c3ccc(-c4cccc5c4-c4ccccc4C54c5ccccc5Oc5ccccc54)cc3)c3cccc(-c4cccc5c4-c4ccccc4C54c5ccccc5Oc5ccccc54)c3)cc2)cc1. The number of para-hydroxylation sites is 5. The summed E-state index contributed by atoms with van der Waals surface area (Å²) in [6.45, 7) is 0. The van der Waals surface area contributed by atoms with Crippen molar-refractivity contribution in [3.63, 3.8) is 0 Å². The molecule has 3 heteroatoms. The summed E-state index contributed by atoms with van der Waals surface area (Å²) in [5.74, 6) is 3.55. The van der Waals surface area contributed by atoms with Gasteiger partial charge in [-0.05, 0) is 138 Å². The molecular formula is C80H51NO2. The molecule has 0 bridgehead atoms. The van der Waals surface area contributed by atoms with E-state index in [2.05, 4.69) is 314 Å². The molecule has 0 fully saturated rings. The Morgan fingerprint density at radius 2 is 0.566 bits per heavy atom. The van der Waals surface area contributed by atoms with Crippen molar-refractivity contribution in [3.8, 4) is 89.8 Å². The summed E-state index contributed by atoms with van der Waals surface area (Å²) in [6.07, 6.45) is 0. The maximum Gasteiger partial charge on any atom is 0.132 e. The third kappa shape index (κ3) is 6.80. The average molecular weight is 1060 g/mol. The minimum absolute atomic E-state index is 0.556. The Hall–Kier alpha value is -10.7. The lowest BCUT2D eigenvalue weighted by Crippen LogP contribution is -2.32. The second-order valence-electron chi connectivity index (χ2n) is 22.1. The van der Waals surface area contributed by atoms with Crippen LogP contribution in [0.1, 0.15) is 44.5 Å². The van der Waals surface area contributed by atoms with Crippen LogP contribution >= 0.6 is 0 Å². The monoisotopic (exact) mass is 1060 g/mol. The molecule has 4 aliphatic rings. The molecule has 0 unspecified atom stereocenters. The minimum atomic E-state index is -0.574. The standard InChI is InChI=1S/C80H51NO2/c1-2-21-52(22-3-1)53-43-45-54(46-44-53)59-25-6-13-38-72(59)81(57-49-47-55(48-50-57)60-28-19-36-70-77(60)62-26-4-7-30-64(62)79(70)66-32-9-14-39-73(66)82-74-40-15-10-33-67(74)79)58-24-18-23-56(51-58)61-29-20-37-71-78(61)63-27-5-8-31-65(63)80(71)68-34-11-16-41-75(68)83-76-42-17-12-35-69(76)80/h1-51H. The number of anilines is 3. The van der Waals surface area contributed by atoms with Crippen molar-refractivity contribution in [3.05, 3.63) is 354 Å². The molecule has 2 aliphatic carbocycles. The largest absolute Gasteiger partial charge is 0.457 e. The van der Waals surface area contributed by atoms with Crippen LogP contribution in [-0.4, -0.2) is 0 Å². The second kappa shape index (κ2) is 18.4. The fourth-order valence-corrected chi connectivity index (χ4v) is 14.7. The number of ether oxygens (including phenoxy) is 2. The molecule has 2 aliphatic heterocycles. The predicted octanol–water partition coefficient (Wildman–Crippen LogP) is 20.8. The van der Waals surface area contributed by atoms with Gasteiger partial charge in [0.1, 0.15) is 23.0 Å². The molecule has 388 valence electrons. The van der Waals surface area contributed by atoms with Gasteiger partial charge in [0.05, 0.1) is 16.5 Å². The molecule has 0 atom stereocenters. The van der Waals surface area contributed by atoms with Crippen LogP contribution in [0.5, 0.6) is 23.0 Å². The van der Waals surface area contributed by atoms with Crippen molar-refractivity contribution in [2.45, 2.75) is 10.8 Å². The van der Waals surface area contributed by atoms with Gasteiger partial charge in [0, 0.05) is 39.2 Å². The molecule has 13 aromatic rings. The topological polar surface area (TPSA) is 21.7 Å². The van der Waals surface area contributed by atoms with E-state index in [1.54, 1.807) is 0 Å². The van der Waals surface area contributed by atoms with Crippen LogP contribution in [0.15, 0.2) is 309 Å². The number of fused-ring (bicyclic) bond motifs is 18. The van der Waals surface area contributed by atoms with E-state index in [1.165, 1.54) is 66.8 Å². The first-order valence-electron chi connectivity index (χ1n) is 28.6. The Labute approximate surface area is 483 Å². The first kappa shape index (κ1) is 47.1. The van der Waals surface area contributed by atoms with E-state index in [9.17, 15) is 0 Å². The highest BCUT2D eigenvalue weighted by atomic mass is 16.5. The van der Waals surface area contributed by atoms with Crippen LogP contribution in [0, 0.1) is 0 Å². The van der Waals surface area contributed by atoms with Crippen LogP contribution in [0.4, 0.5) is 17.1 Å². The van der Waals surface area contributed by atoms with E-state index in [4.69, 9.17) is 9.47 Å². The van der Waals surface area contributed by atoms with Gasteiger partial charge in [-0.25, -0.2) is 0 Å². The van der Waals surface area contributed by atoms with Crippen LogP contribution < -0.4 is 14.4 Å². The fourth-order valence-electron chi connectivity index (χ4n) is 14.7. The Morgan fingerprint density at radius 3 is 1.10 bits per heavy atom. The quantitative estimate of drug-likeness (QED) is 0.159. The maximum absolute atomic E-state index is 6.71. The van der Waals surface area contributed by atoms with Crippen LogP contribution in [0.3, 0.4) is 0 Å². The lowest BCUT2D eigenvalue weighted by Gasteiger charge is -2.39. The van der Waals surface area contributed by atoms with Crippen LogP contribution in [0.25, 0.3) is 66.8 Å². The van der Waals surface area contributed by atoms with E-state index in [0.29, 0.717) is 0 Å². The van der Waals surface area contributed by atoms with Crippen molar-refractivity contribution in [1.82, 2.24) is 0 Å². The Kier molecular flexibility index (Phi) is 10.4. The summed E-state index contributed by atoms with van der Waals surface area (Å²) in [7, 11) is 0. The molecule has 2 spiro atoms. The third-order valence-electron chi connectivity index (χ3n) is 18.0. The smallest absolute Gasteiger partial charge is 0.132 e. The second-order valence-corrected chi connectivity index (χ2v) is 22.1. The third-order valence-corrected chi connectivity index (χ3v) is 18.0. The van der Waals surface area contributed by atoms with Crippen molar-refractivity contribution in [2.75, 3.05) is 4.90 Å². The van der Waals surface area contributed by atoms with Gasteiger partial charge in [0.15, 0.2) is 0 Å². The Balaban J connectivity index is 0.839. The molecule has 2 heterocycles. The molecule has 0 saturated carbocycles. The van der Waals surface area contributed by atoms with E-state index < -0.39 is 10.8 Å². The summed E-state index contributed by atoms with van der Waals surface area (Å²) in [6, 6.07) is 113. The summed E-state index contributed by atoms with van der Waals surface area (Å²) in [5.41, 5.74) is 26.0. The summed E-state index contributed by atoms with van der Waals surface area (Å²) in [5, 5.41) is 0. The number of benzene rings is 13. The van der Waals surface area contributed by atoms with Gasteiger partial charge in [-0.1, -0.05) is 255 Å². The zero-order chi connectivity index (χ0) is 54.6. The first-order valence-corrected chi connectivity index (χ1v) is 28.6. The highest BCUT2D eigenvalue weighted by molar-refractivity contribution is 6.00. The van der Waals surface area contributed by atoms with Crippen LogP contribution in [-0.2, 0) is 10.8 Å². The van der Waals surface area contributed by atoms with Crippen molar-refractivity contribution in [2.24, 2.45) is 0 Å². The molecule has 0 N–H and O–H groups in total. The molecule has 13 aromatic carbocycles. The molecule has 0 radical (unpaired) electrons. The van der Waals surface area contributed by atoms with E-state index >= 15 is 0 Å². The zero-order valence-electron chi connectivity index (χ0n) is 45.2. The molecule has 0 saturated heterocycles.